The highest BCUT2D eigenvalue weighted by atomic mass is 35.5. The lowest BCUT2D eigenvalue weighted by atomic mass is 10.0. The Labute approximate surface area is 245 Å². The van der Waals surface area contributed by atoms with Crippen LogP contribution in [0.5, 0.6) is 0 Å². The molecule has 1 N–H and O–H groups in total. The monoisotopic (exact) mass is 614 g/mol. The summed E-state index contributed by atoms with van der Waals surface area (Å²) in [4.78, 5) is 17.7. The molecule has 1 amide bonds. The van der Waals surface area contributed by atoms with E-state index in [1.54, 1.807) is 42.5 Å². The number of fused-ring (bicyclic) bond motifs is 2. The average molecular weight is 616 g/mol. The lowest BCUT2D eigenvalue weighted by Gasteiger charge is -2.13. The number of benzene rings is 3. The molecular weight excluding hydrogens is 600 g/mol. The maximum Gasteiger partial charge on any atom is 0.433 e. The molecule has 0 atom stereocenters. The lowest BCUT2D eigenvalue weighted by molar-refractivity contribution is -0.142. The molecule has 0 spiro atoms. The van der Waals surface area contributed by atoms with Gasteiger partial charge in [0.05, 0.1) is 28.5 Å². The highest BCUT2D eigenvalue weighted by Crippen LogP contribution is 2.35. The van der Waals surface area contributed by atoms with Gasteiger partial charge in [0.15, 0.2) is 17.2 Å². The van der Waals surface area contributed by atoms with Crippen molar-refractivity contribution in [1.29, 1.82) is 0 Å². The molecular formula is C28H16Cl3F3N6O. The first kappa shape index (κ1) is 27.1. The standard InChI is InChI=1S/C28H16Cl3F3N6O/c29-20-9-8-15(10-21(20)30)13-39-14-22(31)25(38-39)37-27(41)19-12-35-40-24(28(32,33)34)11-23(36-26(19)40)18-7-3-5-16-4-1-2-6-17(16)18/h1-12,14H,13H2,(H,37,38,41). The van der Waals surface area contributed by atoms with E-state index in [-0.39, 0.29) is 34.3 Å². The van der Waals surface area contributed by atoms with E-state index in [0.717, 1.165) is 23.2 Å². The Morgan fingerprint density at radius 1 is 0.927 bits per heavy atom. The van der Waals surface area contributed by atoms with E-state index in [4.69, 9.17) is 34.8 Å². The number of halogens is 6. The van der Waals surface area contributed by atoms with Gasteiger partial charge in [-0.25, -0.2) is 9.50 Å². The Bertz CT molecular complexity index is 1960. The van der Waals surface area contributed by atoms with Crippen molar-refractivity contribution < 1.29 is 18.0 Å². The van der Waals surface area contributed by atoms with Gasteiger partial charge in [-0.2, -0.15) is 23.4 Å². The van der Waals surface area contributed by atoms with Crippen LogP contribution in [0.15, 0.2) is 79.1 Å². The lowest BCUT2D eigenvalue weighted by Crippen LogP contribution is -2.16. The molecule has 0 saturated carbocycles. The SMILES string of the molecule is O=C(Nc1nn(Cc2ccc(Cl)c(Cl)c2)cc1Cl)c1cnn2c(C(F)(F)F)cc(-c3cccc4ccccc34)nc12. The number of anilines is 1. The highest BCUT2D eigenvalue weighted by Gasteiger charge is 2.36. The van der Waals surface area contributed by atoms with E-state index in [0.29, 0.717) is 25.5 Å². The molecule has 0 aliphatic carbocycles. The van der Waals surface area contributed by atoms with Crippen LogP contribution in [0, 0.1) is 0 Å². The molecule has 0 radical (unpaired) electrons. The van der Waals surface area contributed by atoms with Crippen LogP contribution in [0.1, 0.15) is 21.6 Å². The van der Waals surface area contributed by atoms with Crippen molar-refractivity contribution in [3.8, 4) is 11.3 Å². The minimum Gasteiger partial charge on any atom is -0.304 e. The molecule has 0 bridgehead atoms. The first-order chi connectivity index (χ1) is 19.6. The topological polar surface area (TPSA) is 77.1 Å². The third-order valence-corrected chi connectivity index (χ3v) is 7.37. The number of nitrogens with one attached hydrogen (secondary N) is 1. The minimum absolute atomic E-state index is 0.0114. The first-order valence-electron chi connectivity index (χ1n) is 12.0. The molecule has 0 saturated heterocycles. The molecule has 3 aromatic carbocycles. The maximum absolute atomic E-state index is 14.1. The highest BCUT2D eigenvalue weighted by molar-refractivity contribution is 6.42. The van der Waals surface area contributed by atoms with Gasteiger partial charge in [-0.3, -0.25) is 9.48 Å². The molecule has 0 aliphatic rings. The quantitative estimate of drug-likeness (QED) is 0.213. The summed E-state index contributed by atoms with van der Waals surface area (Å²) < 4.78 is 44.5. The Hall–Kier alpha value is -4.12. The molecule has 206 valence electrons. The Morgan fingerprint density at radius 2 is 1.71 bits per heavy atom. The molecule has 6 rings (SSSR count). The van der Waals surface area contributed by atoms with Crippen LogP contribution in [0.2, 0.25) is 15.1 Å². The number of alkyl halides is 3. The Morgan fingerprint density at radius 3 is 2.49 bits per heavy atom. The molecule has 0 unspecified atom stereocenters. The van der Waals surface area contributed by atoms with Gasteiger partial charge in [0.25, 0.3) is 5.91 Å². The first-order valence-corrected chi connectivity index (χ1v) is 13.1. The summed E-state index contributed by atoms with van der Waals surface area (Å²) in [6.45, 7) is 0.272. The summed E-state index contributed by atoms with van der Waals surface area (Å²) in [5.41, 5.74) is -0.232. The predicted molar refractivity (Wildman–Crippen MR) is 152 cm³/mol. The zero-order valence-electron chi connectivity index (χ0n) is 20.6. The number of carbonyl (C=O) groups is 1. The van der Waals surface area contributed by atoms with Crippen LogP contribution in [0.3, 0.4) is 0 Å². The third-order valence-electron chi connectivity index (χ3n) is 6.35. The fourth-order valence-corrected chi connectivity index (χ4v) is 4.99. The van der Waals surface area contributed by atoms with E-state index in [1.807, 2.05) is 18.2 Å². The van der Waals surface area contributed by atoms with Crippen molar-refractivity contribution >= 4 is 62.9 Å². The van der Waals surface area contributed by atoms with Crippen LogP contribution in [0.25, 0.3) is 27.7 Å². The van der Waals surface area contributed by atoms with Crippen LogP contribution in [-0.2, 0) is 12.7 Å². The van der Waals surface area contributed by atoms with Crippen molar-refractivity contribution in [3.05, 3.63) is 111 Å². The maximum atomic E-state index is 14.1. The number of hydrogen-bond donors (Lipinski definition) is 1. The molecule has 0 fully saturated rings. The largest absolute Gasteiger partial charge is 0.433 e. The van der Waals surface area contributed by atoms with Crippen LogP contribution in [0.4, 0.5) is 19.0 Å². The van der Waals surface area contributed by atoms with Crippen molar-refractivity contribution in [3.63, 3.8) is 0 Å². The summed E-state index contributed by atoms with van der Waals surface area (Å²) in [7, 11) is 0. The fraction of sp³-hybridized carbons (Fsp3) is 0.0714. The Balaban J connectivity index is 1.38. The number of carbonyl (C=O) groups excluding carboxylic acids is 1. The van der Waals surface area contributed by atoms with E-state index >= 15 is 0 Å². The second kappa shape index (κ2) is 10.4. The number of hydrogen-bond acceptors (Lipinski definition) is 4. The van der Waals surface area contributed by atoms with Gasteiger partial charge in [-0.15, -0.1) is 0 Å². The van der Waals surface area contributed by atoms with Crippen molar-refractivity contribution in [2.75, 3.05) is 5.32 Å². The van der Waals surface area contributed by atoms with E-state index < -0.39 is 17.8 Å². The summed E-state index contributed by atoms with van der Waals surface area (Å²) >= 11 is 18.4. The van der Waals surface area contributed by atoms with Gasteiger partial charge in [-0.1, -0.05) is 83.3 Å². The zero-order valence-corrected chi connectivity index (χ0v) is 22.9. The number of nitrogens with zero attached hydrogens (tertiary/aromatic N) is 5. The van der Waals surface area contributed by atoms with Crippen molar-refractivity contribution in [1.82, 2.24) is 24.4 Å². The molecule has 6 aromatic rings. The van der Waals surface area contributed by atoms with Crippen LogP contribution >= 0.6 is 34.8 Å². The minimum atomic E-state index is -4.77. The predicted octanol–water partition coefficient (Wildman–Crippen LogP) is 8.03. The second-order valence-corrected chi connectivity index (χ2v) is 10.3. The van der Waals surface area contributed by atoms with Crippen LogP contribution in [-0.4, -0.2) is 30.3 Å². The number of aromatic nitrogens is 5. The Kier molecular flexibility index (Phi) is 6.85. The second-order valence-electron chi connectivity index (χ2n) is 9.07. The summed E-state index contributed by atoms with van der Waals surface area (Å²) in [5, 5.41) is 13.1. The average Bonchev–Trinajstić information content (AvgIpc) is 3.52. The fourth-order valence-electron chi connectivity index (χ4n) is 4.47. The molecule has 0 aliphatic heterocycles. The van der Waals surface area contributed by atoms with E-state index in [2.05, 4.69) is 20.5 Å². The van der Waals surface area contributed by atoms with Gasteiger partial charge >= 0.3 is 6.18 Å². The van der Waals surface area contributed by atoms with E-state index in [1.165, 1.54) is 10.9 Å². The van der Waals surface area contributed by atoms with Gasteiger partial charge in [-0.05, 0) is 34.5 Å². The molecule has 3 heterocycles. The van der Waals surface area contributed by atoms with Gasteiger partial charge < -0.3 is 5.32 Å². The van der Waals surface area contributed by atoms with Gasteiger partial charge in [0.1, 0.15) is 10.6 Å². The number of amides is 1. The molecule has 3 aromatic heterocycles. The molecule has 7 nitrogen and oxygen atoms in total. The smallest absolute Gasteiger partial charge is 0.304 e. The normalized spacial score (nSPS) is 11.9. The van der Waals surface area contributed by atoms with Crippen molar-refractivity contribution in [2.45, 2.75) is 12.7 Å². The zero-order chi connectivity index (χ0) is 28.9. The van der Waals surface area contributed by atoms with Crippen LogP contribution < -0.4 is 5.32 Å². The van der Waals surface area contributed by atoms with Gasteiger partial charge in [0, 0.05) is 11.8 Å². The number of rotatable bonds is 5. The third kappa shape index (κ3) is 5.21. The molecule has 13 heteroatoms. The van der Waals surface area contributed by atoms with Crippen molar-refractivity contribution in [2.24, 2.45) is 0 Å². The molecule has 41 heavy (non-hydrogen) atoms. The summed E-state index contributed by atoms with van der Waals surface area (Å²) in [6.07, 6.45) is -2.25. The van der Waals surface area contributed by atoms with E-state index in [9.17, 15) is 18.0 Å². The summed E-state index contributed by atoms with van der Waals surface area (Å²) in [6, 6.07) is 18.5. The van der Waals surface area contributed by atoms with Gasteiger partial charge in [0.2, 0.25) is 0 Å². The summed E-state index contributed by atoms with van der Waals surface area (Å²) in [5.74, 6) is -0.769.